The van der Waals surface area contributed by atoms with Gasteiger partial charge in [-0.1, -0.05) is 13.8 Å². The Morgan fingerprint density at radius 1 is 1.33 bits per heavy atom. The van der Waals surface area contributed by atoms with Crippen LogP contribution in [0.1, 0.15) is 34.6 Å². The number of rotatable bonds is 4. The third-order valence-corrected chi connectivity index (χ3v) is 1.93. The molecule has 6 heteroatoms. The summed E-state index contributed by atoms with van der Waals surface area (Å²) in [5, 5.41) is 10.9. The Balaban J connectivity index is 4.71. The van der Waals surface area contributed by atoms with Gasteiger partial charge in [0, 0.05) is 0 Å². The van der Waals surface area contributed by atoms with E-state index in [4.69, 9.17) is 9.84 Å². The van der Waals surface area contributed by atoms with Crippen LogP contribution < -0.4 is 5.32 Å². The molecule has 0 aromatic rings. The molecule has 0 aliphatic carbocycles. The van der Waals surface area contributed by atoms with Crippen molar-refractivity contribution >= 4 is 12.1 Å². The highest BCUT2D eigenvalue weighted by molar-refractivity contribution is 5.84. The number of hydrogen-bond donors (Lipinski definition) is 2. The summed E-state index contributed by atoms with van der Waals surface area (Å²) in [5.74, 6) is -3.13. The van der Waals surface area contributed by atoms with E-state index in [1.54, 1.807) is 34.6 Å². The normalized spacial score (nSPS) is 14.3. The highest BCUT2D eigenvalue weighted by atomic mass is 19.1. The number of halogens is 1. The Morgan fingerprint density at radius 2 is 1.83 bits per heavy atom. The first-order valence-electron chi connectivity index (χ1n) is 5.63. The Hall–Kier alpha value is -1.59. The van der Waals surface area contributed by atoms with Crippen LogP contribution in [-0.4, -0.2) is 28.8 Å². The number of hydrogen-bond acceptors (Lipinski definition) is 3. The SMILES string of the molecule is CC(C)C(C=C(F)C(=O)O)NC(=O)OC(C)(C)C. The van der Waals surface area contributed by atoms with Crippen LogP contribution >= 0.6 is 0 Å². The van der Waals surface area contributed by atoms with Crippen LogP contribution in [0.2, 0.25) is 0 Å². The molecule has 0 bridgehead atoms. The fourth-order valence-corrected chi connectivity index (χ4v) is 1.07. The molecule has 104 valence electrons. The van der Waals surface area contributed by atoms with Crippen LogP contribution in [0, 0.1) is 5.92 Å². The van der Waals surface area contributed by atoms with E-state index in [-0.39, 0.29) is 5.92 Å². The summed E-state index contributed by atoms with van der Waals surface area (Å²) in [6.07, 6.45) is 0.146. The first-order chi connectivity index (χ1) is 8.03. The molecule has 0 saturated carbocycles. The minimum Gasteiger partial charge on any atom is -0.476 e. The highest BCUT2D eigenvalue weighted by Crippen LogP contribution is 2.11. The maximum Gasteiger partial charge on any atom is 0.408 e. The molecule has 0 rings (SSSR count). The van der Waals surface area contributed by atoms with E-state index in [2.05, 4.69) is 5.32 Å². The summed E-state index contributed by atoms with van der Waals surface area (Å²) >= 11 is 0. The zero-order valence-electron chi connectivity index (χ0n) is 11.3. The summed E-state index contributed by atoms with van der Waals surface area (Å²) in [4.78, 5) is 21.9. The number of carboxylic acids is 1. The molecule has 1 unspecified atom stereocenters. The lowest BCUT2D eigenvalue weighted by atomic mass is 10.0. The van der Waals surface area contributed by atoms with E-state index in [9.17, 15) is 14.0 Å². The lowest BCUT2D eigenvalue weighted by Gasteiger charge is -2.23. The van der Waals surface area contributed by atoms with Crippen molar-refractivity contribution in [3.8, 4) is 0 Å². The van der Waals surface area contributed by atoms with Crippen LogP contribution in [-0.2, 0) is 9.53 Å². The second-order valence-corrected chi connectivity index (χ2v) is 5.24. The Labute approximate surface area is 106 Å². The Bertz CT molecular complexity index is 344. The third-order valence-electron chi connectivity index (χ3n) is 1.93. The molecular formula is C12H20FNO4. The number of ether oxygens (including phenoxy) is 1. The highest BCUT2D eigenvalue weighted by Gasteiger charge is 2.21. The summed E-state index contributed by atoms with van der Waals surface area (Å²) < 4.78 is 18.0. The van der Waals surface area contributed by atoms with E-state index in [0.29, 0.717) is 0 Å². The van der Waals surface area contributed by atoms with Gasteiger partial charge in [-0.25, -0.2) is 9.59 Å². The maximum atomic E-state index is 13.0. The van der Waals surface area contributed by atoms with E-state index in [1.165, 1.54) is 0 Å². The minimum atomic E-state index is -1.66. The first-order valence-corrected chi connectivity index (χ1v) is 5.63. The van der Waals surface area contributed by atoms with Crippen LogP contribution in [0.25, 0.3) is 0 Å². The first kappa shape index (κ1) is 16.4. The molecule has 1 atom stereocenters. The molecule has 1 amide bonds. The smallest absolute Gasteiger partial charge is 0.408 e. The monoisotopic (exact) mass is 261 g/mol. The van der Waals surface area contributed by atoms with Crippen molar-refractivity contribution in [2.75, 3.05) is 0 Å². The summed E-state index contributed by atoms with van der Waals surface area (Å²) in [6.45, 7) is 8.56. The zero-order valence-corrected chi connectivity index (χ0v) is 11.3. The van der Waals surface area contributed by atoms with Gasteiger partial charge in [0.15, 0.2) is 0 Å². The Morgan fingerprint density at radius 3 is 2.17 bits per heavy atom. The van der Waals surface area contributed by atoms with Gasteiger partial charge >= 0.3 is 12.1 Å². The fraction of sp³-hybridized carbons (Fsp3) is 0.667. The van der Waals surface area contributed by atoms with Crippen LogP contribution in [0.5, 0.6) is 0 Å². The number of nitrogens with one attached hydrogen (secondary N) is 1. The molecule has 0 aliphatic heterocycles. The maximum absolute atomic E-state index is 13.0. The second-order valence-electron chi connectivity index (χ2n) is 5.24. The van der Waals surface area contributed by atoms with E-state index < -0.39 is 29.5 Å². The number of amides is 1. The molecule has 18 heavy (non-hydrogen) atoms. The summed E-state index contributed by atoms with van der Waals surface area (Å²) in [5.41, 5.74) is -0.666. The molecule has 0 saturated heterocycles. The van der Waals surface area contributed by atoms with Gasteiger partial charge in [0.05, 0.1) is 6.04 Å². The minimum absolute atomic E-state index is 0.164. The number of alkyl carbamates (subject to hydrolysis) is 1. The van der Waals surface area contributed by atoms with Gasteiger partial charge in [-0.3, -0.25) is 0 Å². The number of carboxylic acid groups (broad SMARTS) is 1. The van der Waals surface area contributed by atoms with Gasteiger partial charge in [-0.2, -0.15) is 4.39 Å². The molecule has 0 aliphatic rings. The van der Waals surface area contributed by atoms with Crippen molar-refractivity contribution < 1.29 is 23.8 Å². The predicted molar refractivity (Wildman–Crippen MR) is 64.8 cm³/mol. The molecule has 0 heterocycles. The molecule has 5 nitrogen and oxygen atoms in total. The van der Waals surface area contributed by atoms with E-state index in [1.807, 2.05) is 0 Å². The number of carbonyl (C=O) groups excluding carboxylic acids is 1. The standard InChI is InChI=1S/C12H20FNO4/c1-7(2)9(6-8(13)10(15)16)14-11(17)18-12(3,4)5/h6-7,9H,1-5H3,(H,14,17)(H,15,16). The molecule has 2 N–H and O–H groups in total. The second kappa shape index (κ2) is 6.37. The van der Waals surface area contributed by atoms with Crippen molar-refractivity contribution in [1.29, 1.82) is 0 Å². The van der Waals surface area contributed by atoms with Crippen molar-refractivity contribution in [3.63, 3.8) is 0 Å². The van der Waals surface area contributed by atoms with Gasteiger partial charge < -0.3 is 15.2 Å². The predicted octanol–water partition coefficient (Wildman–Crippen LogP) is 2.47. The molecule has 0 spiro atoms. The zero-order chi connectivity index (χ0) is 14.5. The van der Waals surface area contributed by atoms with Crippen molar-refractivity contribution in [3.05, 3.63) is 11.9 Å². The number of aliphatic carboxylic acids is 1. The lowest BCUT2D eigenvalue weighted by molar-refractivity contribution is -0.134. The van der Waals surface area contributed by atoms with Crippen LogP contribution in [0.3, 0.4) is 0 Å². The average Bonchev–Trinajstić information content (AvgIpc) is 2.12. The van der Waals surface area contributed by atoms with Crippen molar-refractivity contribution in [2.24, 2.45) is 5.92 Å². The lowest BCUT2D eigenvalue weighted by Crippen LogP contribution is -2.41. The number of carbonyl (C=O) groups is 2. The molecule has 0 fully saturated rings. The topological polar surface area (TPSA) is 75.6 Å². The molecule has 0 radical (unpaired) electrons. The van der Waals surface area contributed by atoms with Gasteiger partial charge in [0.25, 0.3) is 0 Å². The fourth-order valence-electron chi connectivity index (χ4n) is 1.07. The van der Waals surface area contributed by atoms with Crippen LogP contribution in [0.4, 0.5) is 9.18 Å². The Kier molecular flexibility index (Phi) is 5.81. The van der Waals surface area contributed by atoms with Crippen molar-refractivity contribution in [1.82, 2.24) is 5.32 Å². The van der Waals surface area contributed by atoms with Crippen LogP contribution in [0.15, 0.2) is 11.9 Å². The van der Waals surface area contributed by atoms with Crippen molar-refractivity contribution in [2.45, 2.75) is 46.3 Å². The van der Waals surface area contributed by atoms with Gasteiger partial charge in [0.1, 0.15) is 5.60 Å². The quantitative estimate of drug-likeness (QED) is 0.762. The third kappa shape index (κ3) is 6.88. The van der Waals surface area contributed by atoms with Gasteiger partial charge in [0.2, 0.25) is 5.83 Å². The average molecular weight is 261 g/mol. The summed E-state index contributed by atoms with van der Waals surface area (Å²) in [6, 6.07) is -0.740. The molecule has 0 aromatic heterocycles. The molecule has 0 aromatic carbocycles. The largest absolute Gasteiger partial charge is 0.476 e. The van der Waals surface area contributed by atoms with Gasteiger partial charge in [-0.05, 0) is 32.8 Å². The van der Waals surface area contributed by atoms with E-state index in [0.717, 1.165) is 6.08 Å². The van der Waals surface area contributed by atoms with Gasteiger partial charge in [-0.15, -0.1) is 0 Å². The summed E-state index contributed by atoms with van der Waals surface area (Å²) in [7, 11) is 0. The van der Waals surface area contributed by atoms with E-state index >= 15 is 0 Å². The molecular weight excluding hydrogens is 241 g/mol.